The van der Waals surface area contributed by atoms with Gasteiger partial charge in [0, 0.05) is 5.54 Å². The lowest BCUT2D eigenvalue weighted by Crippen LogP contribution is -2.70. The van der Waals surface area contributed by atoms with Crippen LogP contribution in [-0.4, -0.2) is 29.4 Å². The molecule has 194 valence electrons. The van der Waals surface area contributed by atoms with Crippen LogP contribution in [0.3, 0.4) is 0 Å². The second-order valence-electron chi connectivity index (χ2n) is 10.6. The van der Waals surface area contributed by atoms with E-state index in [-0.39, 0.29) is 5.54 Å². The van der Waals surface area contributed by atoms with Gasteiger partial charge in [-0.3, -0.25) is 0 Å². The summed E-state index contributed by atoms with van der Waals surface area (Å²) in [6.45, 7) is 15.7. The van der Waals surface area contributed by atoms with Crippen LogP contribution in [0, 0.1) is 20.8 Å². The van der Waals surface area contributed by atoms with Crippen LogP contribution in [-0.2, 0) is 0 Å². The van der Waals surface area contributed by atoms with Crippen LogP contribution in [0.25, 0.3) is 0 Å². The highest BCUT2D eigenvalue weighted by molar-refractivity contribution is 7.13. The molecule has 0 unspecified atom stereocenters. The molecule has 0 atom stereocenters. The Morgan fingerprint density at radius 2 is 0.757 bits per heavy atom. The zero-order chi connectivity index (χ0) is 27.1. The maximum absolute atomic E-state index is 5.85. The van der Waals surface area contributed by atoms with Crippen LogP contribution >= 0.6 is 0 Å². The Kier molecular flexibility index (Phi) is 7.43. The van der Waals surface area contributed by atoms with E-state index in [1.807, 2.05) is 0 Å². The summed E-state index contributed by atoms with van der Waals surface area (Å²) in [7, 11) is 2.48. The normalized spacial score (nSPS) is 14.4. The first-order chi connectivity index (χ1) is 17.6. The van der Waals surface area contributed by atoms with Crippen molar-refractivity contribution >= 4 is 23.6 Å². The summed E-state index contributed by atoms with van der Waals surface area (Å²) in [5, 5.41) is 3.99. The van der Waals surface area contributed by atoms with Crippen molar-refractivity contribution in [2.45, 2.75) is 54.0 Å². The molecule has 0 spiro atoms. The molecule has 0 N–H and O–H groups in total. The second-order valence-corrected chi connectivity index (χ2v) is 14.5. The van der Waals surface area contributed by atoms with Crippen molar-refractivity contribution in [1.29, 1.82) is 0 Å². The molecule has 4 rings (SSSR count). The van der Waals surface area contributed by atoms with Crippen molar-refractivity contribution in [3.05, 3.63) is 93.6 Å². The van der Waals surface area contributed by atoms with Gasteiger partial charge < -0.3 is 14.2 Å². The van der Waals surface area contributed by atoms with Crippen molar-refractivity contribution in [3.8, 4) is 17.2 Å². The molecule has 37 heavy (non-hydrogen) atoms. The fourth-order valence-corrected chi connectivity index (χ4v) is 12.5. The average molecular weight is 513 g/mol. The van der Waals surface area contributed by atoms with Gasteiger partial charge in [0.1, 0.15) is 17.2 Å². The maximum Gasteiger partial charge on any atom is 0.159 e. The Bertz CT molecular complexity index is 1260. The number of hydrogen-bond acceptors (Lipinski definition) is 3. The summed E-state index contributed by atoms with van der Waals surface area (Å²) in [6.07, 6.45) is 0. The van der Waals surface area contributed by atoms with E-state index in [1.165, 1.54) is 54.5 Å². The average Bonchev–Trinajstić information content (AvgIpc) is 3.06. The number of methoxy groups -OCH3 is 3. The largest absolute Gasteiger partial charge is 0.497 e. The summed E-state index contributed by atoms with van der Waals surface area (Å²) < 4.78 is 17.5. The zero-order valence-electron chi connectivity index (χ0n) is 24.0. The molecule has 0 heterocycles. The highest BCUT2D eigenvalue weighted by atomic mass is 28.3. The molecule has 0 bridgehead atoms. The maximum atomic E-state index is 5.85. The standard InChI is InChI=1S/C33H40O3Si/c1-20-11-27(34-8)17-30(14-20)37(31-15-21(2)12-28(18-31)35-9,32-16-22(3)13-29(19-32)36-10)33-25(6)23(4)24(5)26(33)7/h11-19,33H,1-10H3. The lowest BCUT2D eigenvalue weighted by atomic mass is 10.1. The van der Waals surface area contributed by atoms with Gasteiger partial charge >= 0.3 is 0 Å². The SMILES string of the molecule is COc1cc(C)cc([Si](c2cc(C)cc(OC)c2)(c2cc(C)cc(OC)c2)C2C(C)=C(C)C(C)=C2C)c1. The predicted molar refractivity (Wildman–Crippen MR) is 158 cm³/mol. The van der Waals surface area contributed by atoms with Gasteiger partial charge in [-0.05, 0) is 128 Å². The first-order valence-electron chi connectivity index (χ1n) is 12.9. The Balaban J connectivity index is 2.29. The van der Waals surface area contributed by atoms with E-state index in [0.29, 0.717) is 0 Å². The van der Waals surface area contributed by atoms with E-state index in [0.717, 1.165) is 17.2 Å². The summed E-state index contributed by atoms with van der Waals surface area (Å²) >= 11 is 0. The van der Waals surface area contributed by atoms with E-state index in [4.69, 9.17) is 14.2 Å². The van der Waals surface area contributed by atoms with E-state index < -0.39 is 8.07 Å². The lowest BCUT2D eigenvalue weighted by Gasteiger charge is -2.42. The van der Waals surface area contributed by atoms with Gasteiger partial charge in [0.15, 0.2) is 8.07 Å². The quantitative estimate of drug-likeness (QED) is 0.280. The Morgan fingerprint density at radius 1 is 0.459 bits per heavy atom. The second kappa shape index (κ2) is 10.3. The molecule has 0 aromatic heterocycles. The molecule has 3 aromatic carbocycles. The van der Waals surface area contributed by atoms with Crippen molar-refractivity contribution in [1.82, 2.24) is 0 Å². The van der Waals surface area contributed by atoms with Crippen LogP contribution in [0.2, 0.25) is 5.54 Å². The Morgan fingerprint density at radius 3 is 1.03 bits per heavy atom. The van der Waals surface area contributed by atoms with E-state index in [1.54, 1.807) is 21.3 Å². The minimum Gasteiger partial charge on any atom is -0.497 e. The van der Waals surface area contributed by atoms with Crippen LogP contribution in [0.1, 0.15) is 44.4 Å². The van der Waals surface area contributed by atoms with Gasteiger partial charge in [-0.2, -0.15) is 0 Å². The molecule has 1 aliphatic carbocycles. The van der Waals surface area contributed by atoms with E-state index in [2.05, 4.69) is 103 Å². The third-order valence-corrected chi connectivity index (χ3v) is 13.6. The first kappa shape index (κ1) is 26.8. The molecule has 4 heteroatoms. The topological polar surface area (TPSA) is 27.7 Å². The molecule has 3 aromatic rings. The molecule has 0 fully saturated rings. The van der Waals surface area contributed by atoms with Gasteiger partial charge in [0.2, 0.25) is 0 Å². The molecule has 0 aliphatic heterocycles. The fourth-order valence-electron chi connectivity index (χ4n) is 6.28. The molecule has 0 saturated carbocycles. The fraction of sp³-hybridized carbons (Fsp3) is 0.333. The van der Waals surface area contributed by atoms with Gasteiger partial charge in [-0.25, -0.2) is 0 Å². The number of aryl methyl sites for hydroxylation is 3. The van der Waals surface area contributed by atoms with Crippen molar-refractivity contribution in [2.24, 2.45) is 0 Å². The van der Waals surface area contributed by atoms with Gasteiger partial charge in [0.05, 0.1) is 21.3 Å². The minimum absolute atomic E-state index is 0.247. The van der Waals surface area contributed by atoms with Crippen LogP contribution in [0.15, 0.2) is 76.9 Å². The molecule has 3 nitrogen and oxygen atoms in total. The number of rotatable bonds is 7. The molecule has 1 aliphatic rings. The molecular formula is C33H40O3Si. The summed E-state index contributed by atoms with van der Waals surface area (Å²) in [5.41, 5.74) is 9.53. The van der Waals surface area contributed by atoms with Gasteiger partial charge in [-0.1, -0.05) is 29.3 Å². The third kappa shape index (κ3) is 4.52. The van der Waals surface area contributed by atoms with E-state index in [9.17, 15) is 0 Å². The Hall–Kier alpha value is -3.24. The molecular weight excluding hydrogens is 472 g/mol. The highest BCUT2D eigenvalue weighted by Crippen LogP contribution is 2.47. The monoisotopic (exact) mass is 512 g/mol. The number of hydrogen-bond donors (Lipinski definition) is 0. The van der Waals surface area contributed by atoms with Gasteiger partial charge in [0.25, 0.3) is 0 Å². The molecule has 0 saturated heterocycles. The predicted octanol–water partition coefficient (Wildman–Crippen LogP) is 6.16. The summed E-state index contributed by atoms with van der Waals surface area (Å²) in [4.78, 5) is 0. The van der Waals surface area contributed by atoms with Crippen molar-refractivity contribution in [3.63, 3.8) is 0 Å². The van der Waals surface area contributed by atoms with Crippen LogP contribution < -0.4 is 29.8 Å². The summed E-state index contributed by atoms with van der Waals surface area (Å²) in [6, 6.07) is 20.3. The number of allylic oxidation sites excluding steroid dienone is 4. The van der Waals surface area contributed by atoms with Crippen molar-refractivity contribution < 1.29 is 14.2 Å². The Labute approximate surface area is 223 Å². The first-order valence-corrected chi connectivity index (χ1v) is 15.0. The molecule has 0 amide bonds. The zero-order valence-corrected chi connectivity index (χ0v) is 25.0. The molecule has 0 radical (unpaired) electrons. The summed E-state index contributed by atoms with van der Waals surface area (Å²) in [5.74, 6) is 2.67. The van der Waals surface area contributed by atoms with Crippen LogP contribution in [0.4, 0.5) is 0 Å². The van der Waals surface area contributed by atoms with Crippen molar-refractivity contribution in [2.75, 3.05) is 21.3 Å². The third-order valence-electron chi connectivity index (χ3n) is 8.27. The van der Waals surface area contributed by atoms with E-state index >= 15 is 0 Å². The minimum atomic E-state index is -2.79. The number of benzene rings is 3. The van der Waals surface area contributed by atoms with Gasteiger partial charge in [-0.15, -0.1) is 0 Å². The van der Waals surface area contributed by atoms with Crippen LogP contribution in [0.5, 0.6) is 17.2 Å². The lowest BCUT2D eigenvalue weighted by molar-refractivity contribution is 0.415. The smallest absolute Gasteiger partial charge is 0.159 e. The highest BCUT2D eigenvalue weighted by Gasteiger charge is 2.51. The number of ether oxygens (including phenoxy) is 3.